The van der Waals surface area contributed by atoms with Gasteiger partial charge in [-0.2, -0.15) is 0 Å². The van der Waals surface area contributed by atoms with Gasteiger partial charge in [-0.15, -0.1) is 0 Å². The van der Waals surface area contributed by atoms with E-state index in [0.29, 0.717) is 0 Å². The quantitative estimate of drug-likeness (QED) is 0.477. The van der Waals surface area contributed by atoms with Crippen molar-refractivity contribution in [1.29, 1.82) is 5.41 Å². The molecule has 0 fully saturated rings. The summed E-state index contributed by atoms with van der Waals surface area (Å²) < 4.78 is 0. The monoisotopic (exact) mass is 120 g/mol. The third-order valence-electron chi connectivity index (χ3n) is 1.18. The number of allylic oxidation sites excluding steroid dienone is 3. The molecule has 0 atom stereocenters. The van der Waals surface area contributed by atoms with E-state index in [9.17, 15) is 0 Å². The summed E-state index contributed by atoms with van der Waals surface area (Å²) in [6, 6.07) is 0. The Hall–Kier alpha value is -1.27. The fourth-order valence-corrected chi connectivity index (χ4v) is 0.653. The van der Waals surface area contributed by atoms with E-state index in [1.807, 2.05) is 36.4 Å². The van der Waals surface area contributed by atoms with Crippen LogP contribution in [0.2, 0.25) is 0 Å². The van der Waals surface area contributed by atoms with Gasteiger partial charge >= 0.3 is 0 Å². The van der Waals surface area contributed by atoms with Gasteiger partial charge in [0.25, 0.3) is 0 Å². The molecule has 1 aliphatic heterocycles. The number of likely N-dealkylation sites (N-methyl/N-ethyl adjacent to an activating group) is 1. The zero-order valence-corrected chi connectivity index (χ0v) is 5.26. The first-order chi connectivity index (χ1) is 4.34. The fraction of sp³-hybridized carbons (Fsp3) is 0.143. The van der Waals surface area contributed by atoms with Crippen LogP contribution >= 0.6 is 0 Å². The minimum absolute atomic E-state index is 0.789. The highest BCUT2D eigenvalue weighted by molar-refractivity contribution is 5.59. The average Bonchev–Trinajstić information content (AvgIpc) is 1.89. The van der Waals surface area contributed by atoms with Crippen molar-refractivity contribution in [1.82, 2.24) is 4.90 Å². The number of hydrogen-bond donors (Lipinski definition) is 1. The largest absolute Gasteiger partial charge is 0.344 e. The molecule has 1 rings (SSSR count). The zero-order chi connectivity index (χ0) is 6.69. The second kappa shape index (κ2) is 2.33. The lowest BCUT2D eigenvalue weighted by Crippen LogP contribution is -2.10. The van der Waals surface area contributed by atoms with E-state index in [4.69, 9.17) is 5.41 Å². The van der Waals surface area contributed by atoms with Gasteiger partial charge < -0.3 is 4.90 Å². The van der Waals surface area contributed by atoms with Crippen LogP contribution in [0.5, 0.6) is 0 Å². The highest BCUT2D eigenvalue weighted by Crippen LogP contribution is 2.04. The Morgan fingerprint density at radius 3 is 2.78 bits per heavy atom. The summed E-state index contributed by atoms with van der Waals surface area (Å²) in [5, 5.41) is 6.81. The topological polar surface area (TPSA) is 27.1 Å². The van der Waals surface area contributed by atoms with Crippen molar-refractivity contribution >= 4 is 5.87 Å². The number of hydrogen-bond acceptors (Lipinski definition) is 2. The summed E-state index contributed by atoms with van der Waals surface area (Å²) in [6.07, 6.45) is 7.53. The maximum atomic E-state index is 6.81. The molecule has 0 radical (unpaired) electrons. The Balaban J connectivity index is 2.90. The Morgan fingerprint density at radius 2 is 2.33 bits per heavy atom. The molecule has 0 aromatic rings. The molecule has 0 spiro atoms. The summed E-state index contributed by atoms with van der Waals surface area (Å²) >= 11 is 0. The van der Waals surface area contributed by atoms with Gasteiger partial charge in [-0.3, -0.25) is 5.41 Å². The summed E-state index contributed by atoms with van der Waals surface area (Å²) in [6.45, 7) is 0. The highest BCUT2D eigenvalue weighted by Gasteiger charge is 1.97. The molecule has 0 aromatic heterocycles. The lowest BCUT2D eigenvalue weighted by molar-refractivity contribution is 0.592. The maximum Gasteiger partial charge on any atom is 0.103 e. The van der Waals surface area contributed by atoms with Crippen LogP contribution in [0, 0.1) is 5.41 Å². The summed E-state index contributed by atoms with van der Waals surface area (Å²) in [5.41, 5.74) is 0.789. The normalized spacial score (nSPS) is 16.1. The molecule has 0 bridgehead atoms. The first kappa shape index (κ1) is 5.86. The molecule has 2 nitrogen and oxygen atoms in total. The van der Waals surface area contributed by atoms with Crippen LogP contribution in [-0.2, 0) is 0 Å². The molecule has 1 N–H and O–H groups in total. The van der Waals surface area contributed by atoms with Gasteiger partial charge in [-0.25, -0.2) is 0 Å². The van der Waals surface area contributed by atoms with Crippen LogP contribution in [0.15, 0.2) is 30.1 Å². The summed E-state index contributed by atoms with van der Waals surface area (Å²) in [7, 11) is 1.89. The Morgan fingerprint density at radius 1 is 1.56 bits per heavy atom. The smallest absolute Gasteiger partial charge is 0.103 e. The highest BCUT2D eigenvalue weighted by atomic mass is 15.1. The number of rotatable bonds is 0. The van der Waals surface area contributed by atoms with Crippen molar-refractivity contribution in [3.05, 3.63) is 30.1 Å². The Kier molecular flexibility index (Phi) is 1.52. The van der Waals surface area contributed by atoms with Crippen LogP contribution < -0.4 is 0 Å². The summed E-state index contributed by atoms with van der Waals surface area (Å²) in [4.78, 5) is 1.84. The number of nitrogens with one attached hydrogen (secondary N) is 1. The maximum absolute atomic E-state index is 6.81. The third-order valence-corrected chi connectivity index (χ3v) is 1.18. The van der Waals surface area contributed by atoms with Crippen molar-refractivity contribution in [2.75, 3.05) is 7.05 Å². The molecule has 46 valence electrons. The van der Waals surface area contributed by atoms with Gasteiger partial charge in [0.1, 0.15) is 5.70 Å². The van der Waals surface area contributed by atoms with E-state index < -0.39 is 0 Å². The molecule has 0 unspecified atom stereocenters. The predicted octanol–water partition coefficient (Wildman–Crippen LogP) is 1.13. The van der Waals surface area contributed by atoms with Crippen LogP contribution in [0.4, 0.5) is 0 Å². The predicted molar refractivity (Wildman–Crippen MR) is 37.3 cm³/mol. The van der Waals surface area contributed by atoms with Crippen LogP contribution in [0.25, 0.3) is 0 Å². The van der Waals surface area contributed by atoms with Crippen molar-refractivity contribution in [2.45, 2.75) is 0 Å². The second-order valence-corrected chi connectivity index (χ2v) is 1.82. The van der Waals surface area contributed by atoms with Gasteiger partial charge in [0.15, 0.2) is 0 Å². The Labute approximate surface area is 54.3 Å². The van der Waals surface area contributed by atoms with E-state index >= 15 is 0 Å². The average molecular weight is 120 g/mol. The standard InChI is InChI=1S/C7H8N2/c1-9-5-3-2-4-7(9)6-8/h2-5,8H,1H3. The lowest BCUT2D eigenvalue weighted by atomic mass is 10.3. The van der Waals surface area contributed by atoms with E-state index in [-0.39, 0.29) is 0 Å². The van der Waals surface area contributed by atoms with Crippen LogP contribution in [-0.4, -0.2) is 17.8 Å². The second-order valence-electron chi connectivity index (χ2n) is 1.82. The van der Waals surface area contributed by atoms with Crippen LogP contribution in [0.3, 0.4) is 0 Å². The SMILES string of the molecule is CN1C=CC=CC1=C=N. The van der Waals surface area contributed by atoms with Crippen molar-refractivity contribution in [3.8, 4) is 0 Å². The van der Waals surface area contributed by atoms with Gasteiger partial charge in [0.2, 0.25) is 0 Å². The molecular formula is C7H8N2. The first-order valence-corrected chi connectivity index (χ1v) is 2.72. The molecule has 0 aromatic carbocycles. The van der Waals surface area contributed by atoms with E-state index in [1.165, 1.54) is 0 Å². The molecule has 1 heterocycles. The van der Waals surface area contributed by atoms with Gasteiger partial charge in [-0.05, 0) is 12.2 Å². The lowest BCUT2D eigenvalue weighted by Gasteiger charge is -2.13. The summed E-state index contributed by atoms with van der Waals surface area (Å²) in [5.74, 6) is 2.31. The van der Waals surface area contributed by atoms with E-state index in [2.05, 4.69) is 5.87 Å². The zero-order valence-electron chi connectivity index (χ0n) is 5.26. The van der Waals surface area contributed by atoms with E-state index in [1.54, 1.807) is 0 Å². The molecular weight excluding hydrogens is 112 g/mol. The molecule has 0 saturated heterocycles. The van der Waals surface area contributed by atoms with Crippen molar-refractivity contribution in [2.24, 2.45) is 0 Å². The minimum Gasteiger partial charge on any atom is -0.344 e. The van der Waals surface area contributed by atoms with Gasteiger partial charge in [0.05, 0.1) is 0 Å². The molecule has 2 heteroatoms. The molecule has 0 amide bonds. The van der Waals surface area contributed by atoms with Crippen LogP contribution in [0.1, 0.15) is 0 Å². The van der Waals surface area contributed by atoms with Crippen molar-refractivity contribution < 1.29 is 0 Å². The molecule has 0 aliphatic carbocycles. The fourth-order valence-electron chi connectivity index (χ4n) is 0.653. The van der Waals surface area contributed by atoms with Gasteiger partial charge in [-0.1, -0.05) is 6.08 Å². The molecule has 0 saturated carbocycles. The number of nitrogens with zero attached hydrogens (tertiary/aromatic N) is 1. The Bertz CT molecular complexity index is 207. The molecule has 1 aliphatic rings. The first-order valence-electron chi connectivity index (χ1n) is 2.72. The van der Waals surface area contributed by atoms with Crippen molar-refractivity contribution in [3.63, 3.8) is 0 Å². The van der Waals surface area contributed by atoms with E-state index in [0.717, 1.165) is 5.70 Å². The molecule has 9 heavy (non-hydrogen) atoms. The minimum atomic E-state index is 0.789. The third kappa shape index (κ3) is 1.09. The van der Waals surface area contributed by atoms with Gasteiger partial charge in [0, 0.05) is 19.1 Å².